The van der Waals surface area contributed by atoms with Crippen molar-refractivity contribution in [2.24, 2.45) is 0 Å². The van der Waals surface area contributed by atoms with Crippen molar-refractivity contribution >= 4 is 70.5 Å². The molecule has 26 heavy (non-hydrogen) atoms. The van der Waals surface area contributed by atoms with E-state index in [-0.39, 0.29) is 11.4 Å². The van der Waals surface area contributed by atoms with Crippen LogP contribution in [0.2, 0.25) is 0 Å². The molecule has 3 rings (SSSR count). The molecule has 0 amide bonds. The van der Waals surface area contributed by atoms with Crippen molar-refractivity contribution in [3.05, 3.63) is 63.5 Å². The normalized spacial score (nSPS) is 15.0. The van der Waals surface area contributed by atoms with Crippen LogP contribution in [0.25, 0.3) is 0 Å². The van der Waals surface area contributed by atoms with E-state index < -0.39 is 39.3 Å². The number of nitrogens with zero attached hydrogens (tertiary/aromatic N) is 3. The van der Waals surface area contributed by atoms with Gasteiger partial charge in [0, 0.05) is 19.5 Å². The van der Waals surface area contributed by atoms with Crippen LogP contribution < -0.4 is 4.90 Å². The molecule has 0 aromatic heterocycles. The van der Waals surface area contributed by atoms with E-state index in [0.717, 1.165) is 4.90 Å². The third-order valence-electron chi connectivity index (χ3n) is 3.75. The van der Waals surface area contributed by atoms with Gasteiger partial charge in [-0.25, -0.2) is 0 Å². The Morgan fingerprint density at radius 2 is 1.54 bits per heavy atom. The molecule has 2 aromatic carbocycles. The number of rotatable bonds is 3. The minimum atomic E-state index is -3.50. The average molecular weight is 558 g/mol. The molecular weight excluding hydrogens is 552 g/mol. The molecule has 1 heterocycles. The lowest BCUT2D eigenvalue weighted by molar-refractivity contribution is -0.393. The van der Waals surface area contributed by atoms with E-state index in [9.17, 15) is 29.0 Å². The van der Waals surface area contributed by atoms with Gasteiger partial charge in [0.25, 0.3) is 17.3 Å². The first kappa shape index (κ1) is 19.1. The van der Waals surface area contributed by atoms with Gasteiger partial charge in [-0.1, -0.05) is 15.9 Å². The second-order valence-electron chi connectivity index (χ2n) is 5.38. The van der Waals surface area contributed by atoms with Crippen molar-refractivity contribution in [2.75, 3.05) is 11.4 Å². The van der Waals surface area contributed by atoms with Gasteiger partial charge in [0.05, 0.1) is 33.7 Å². The summed E-state index contributed by atoms with van der Waals surface area (Å²) in [6, 6.07) is 4.58. The maximum Gasteiger partial charge on any atom is 0.300 e. The largest absolute Gasteiger partial charge is 0.327 e. The summed E-state index contributed by atoms with van der Waals surface area (Å²) in [5, 5.41) is 22.4. The number of nitro groups is 2. The van der Waals surface area contributed by atoms with Crippen LogP contribution in [-0.2, 0) is 5.92 Å². The number of hydrogen-bond acceptors (Lipinski definition) is 5. The molecule has 0 saturated heterocycles. The summed E-state index contributed by atoms with van der Waals surface area (Å²) in [7, 11) is 0. The Morgan fingerprint density at radius 3 is 2.04 bits per heavy atom. The minimum absolute atomic E-state index is 0.253. The Morgan fingerprint density at radius 1 is 0.962 bits per heavy atom. The molecule has 0 saturated carbocycles. The molecule has 2 aromatic rings. The molecule has 0 fully saturated rings. The molecule has 1 aliphatic rings. The van der Waals surface area contributed by atoms with Crippen molar-refractivity contribution in [2.45, 2.75) is 5.92 Å². The van der Waals surface area contributed by atoms with Crippen LogP contribution in [0, 0.1) is 20.2 Å². The number of anilines is 2. The van der Waals surface area contributed by atoms with E-state index in [1.54, 1.807) is 12.1 Å². The summed E-state index contributed by atoms with van der Waals surface area (Å²) in [5.74, 6) is -3.50. The highest BCUT2D eigenvalue weighted by Gasteiger charge is 2.50. The Bertz CT molecular complexity index is 948. The third-order valence-corrected chi connectivity index (χ3v) is 5.42. The average Bonchev–Trinajstić information content (AvgIpc) is 2.76. The van der Waals surface area contributed by atoms with Crippen molar-refractivity contribution in [1.82, 2.24) is 0 Å². The molecule has 0 aliphatic carbocycles. The van der Waals surface area contributed by atoms with Gasteiger partial charge in [0.15, 0.2) is 0 Å². The smallest absolute Gasteiger partial charge is 0.300 e. The van der Waals surface area contributed by atoms with Crippen molar-refractivity contribution in [1.29, 1.82) is 0 Å². The van der Waals surface area contributed by atoms with Crippen LogP contribution in [0.15, 0.2) is 37.7 Å². The Kier molecular flexibility index (Phi) is 4.78. The van der Waals surface area contributed by atoms with Gasteiger partial charge in [0.1, 0.15) is 5.69 Å². The first-order chi connectivity index (χ1) is 12.0. The molecule has 1 aliphatic heterocycles. The van der Waals surface area contributed by atoms with Gasteiger partial charge in [-0.2, -0.15) is 8.78 Å². The lowest BCUT2D eigenvalue weighted by atomic mass is 10.1. The number of alkyl halides is 2. The van der Waals surface area contributed by atoms with Gasteiger partial charge in [-0.3, -0.25) is 20.2 Å². The monoisotopic (exact) mass is 555 g/mol. The highest BCUT2D eigenvalue weighted by Crippen LogP contribution is 2.54. The van der Waals surface area contributed by atoms with E-state index in [4.69, 9.17) is 0 Å². The molecule has 136 valence electrons. The number of non-ortho nitro benzene ring substituents is 1. The fourth-order valence-electron chi connectivity index (χ4n) is 2.76. The predicted octanol–water partition coefficient (Wildman–Crippen LogP) is 6.03. The quantitative estimate of drug-likeness (QED) is 0.339. The zero-order valence-corrected chi connectivity index (χ0v) is 17.1. The molecule has 0 unspecified atom stereocenters. The van der Waals surface area contributed by atoms with Gasteiger partial charge in [0.2, 0.25) is 0 Å². The van der Waals surface area contributed by atoms with Crippen LogP contribution in [0.3, 0.4) is 0 Å². The van der Waals surface area contributed by atoms with E-state index >= 15 is 0 Å². The predicted molar refractivity (Wildman–Crippen MR) is 100 cm³/mol. The van der Waals surface area contributed by atoms with Crippen molar-refractivity contribution in [3.63, 3.8) is 0 Å². The summed E-state index contributed by atoms with van der Waals surface area (Å²) >= 11 is 9.81. The molecule has 0 N–H and O–H groups in total. The van der Waals surface area contributed by atoms with Crippen LogP contribution in [0.5, 0.6) is 0 Å². The molecular formula is C14H6Br3F2N3O4. The third kappa shape index (κ3) is 3.09. The Balaban J connectivity index is 2.34. The van der Waals surface area contributed by atoms with Gasteiger partial charge in [-0.15, -0.1) is 0 Å². The molecule has 7 nitrogen and oxygen atoms in total. The first-order valence-corrected chi connectivity index (χ1v) is 9.18. The molecule has 0 atom stereocenters. The number of benzene rings is 2. The fourth-order valence-corrected chi connectivity index (χ4v) is 5.44. The summed E-state index contributed by atoms with van der Waals surface area (Å²) < 4.78 is 30.6. The van der Waals surface area contributed by atoms with E-state index in [1.165, 1.54) is 0 Å². The minimum Gasteiger partial charge on any atom is -0.327 e. The van der Waals surface area contributed by atoms with Crippen LogP contribution >= 0.6 is 47.8 Å². The van der Waals surface area contributed by atoms with Crippen LogP contribution in [0.1, 0.15) is 5.56 Å². The summed E-state index contributed by atoms with van der Waals surface area (Å²) in [5.41, 5.74) is -2.38. The Labute approximate surface area is 169 Å². The number of halogens is 5. The SMILES string of the molecule is O=[N+]([O-])c1cc([N+](=O)[O-])c2c(c1)C(F)(F)CN2c1c(Br)cc(Br)cc1Br. The summed E-state index contributed by atoms with van der Waals surface area (Å²) in [4.78, 5) is 21.7. The molecule has 0 spiro atoms. The zero-order chi connectivity index (χ0) is 19.4. The Hall–Kier alpha value is -1.66. The summed E-state index contributed by atoms with van der Waals surface area (Å²) in [6.07, 6.45) is 0. The van der Waals surface area contributed by atoms with E-state index in [1.807, 2.05) is 0 Å². The topological polar surface area (TPSA) is 89.5 Å². The van der Waals surface area contributed by atoms with E-state index in [2.05, 4.69) is 47.8 Å². The van der Waals surface area contributed by atoms with Gasteiger partial charge in [-0.05, 0) is 44.0 Å². The van der Waals surface area contributed by atoms with Crippen molar-refractivity contribution < 1.29 is 18.6 Å². The number of hydrogen-bond donors (Lipinski definition) is 0. The standard InChI is InChI=1S/C14H6Br3F2N3O4/c15-6-1-9(16)13(10(17)2-6)20-5-14(18,19)8-3-7(21(23)24)4-11(12(8)20)22(25)26/h1-4H,5H2. The highest BCUT2D eigenvalue weighted by molar-refractivity contribution is 9.11. The second kappa shape index (κ2) is 6.50. The van der Waals surface area contributed by atoms with Crippen LogP contribution in [-0.4, -0.2) is 16.4 Å². The maximum absolute atomic E-state index is 14.6. The zero-order valence-electron chi connectivity index (χ0n) is 12.4. The molecule has 12 heteroatoms. The highest BCUT2D eigenvalue weighted by atomic mass is 79.9. The first-order valence-electron chi connectivity index (χ1n) is 6.80. The molecule has 0 bridgehead atoms. The van der Waals surface area contributed by atoms with Gasteiger partial charge >= 0.3 is 0 Å². The van der Waals surface area contributed by atoms with Gasteiger partial charge < -0.3 is 4.90 Å². The number of nitro benzene ring substituents is 2. The maximum atomic E-state index is 14.6. The number of fused-ring (bicyclic) bond motifs is 1. The van der Waals surface area contributed by atoms with E-state index in [0.29, 0.717) is 25.6 Å². The lowest BCUT2D eigenvalue weighted by Gasteiger charge is -2.22. The second-order valence-corrected chi connectivity index (χ2v) is 8.01. The van der Waals surface area contributed by atoms with Crippen LogP contribution in [0.4, 0.5) is 31.5 Å². The lowest BCUT2D eigenvalue weighted by Crippen LogP contribution is -2.23. The molecule has 0 radical (unpaired) electrons. The van der Waals surface area contributed by atoms with Crippen molar-refractivity contribution in [3.8, 4) is 0 Å². The fraction of sp³-hybridized carbons (Fsp3) is 0.143. The summed E-state index contributed by atoms with van der Waals surface area (Å²) in [6.45, 7) is -0.886.